The minimum Gasteiger partial charge on any atom is -0.352 e. The first-order chi connectivity index (χ1) is 17.9. The molecule has 1 saturated heterocycles. The number of alkyl halides is 2. The highest BCUT2D eigenvalue weighted by Crippen LogP contribution is 2.43. The Morgan fingerprint density at radius 3 is 1.92 bits per heavy atom. The number of halogens is 4. The molecule has 0 atom stereocenters. The molecular weight excluding hydrogens is 480 g/mol. The lowest BCUT2D eigenvalue weighted by molar-refractivity contribution is -0.212. The molecule has 2 aliphatic carbocycles. The summed E-state index contributed by atoms with van der Waals surface area (Å²) < 4.78 is 65.1. The highest BCUT2D eigenvalue weighted by atomic mass is 19.3. The molecule has 0 bridgehead atoms. The summed E-state index contributed by atoms with van der Waals surface area (Å²) >= 11 is 0. The van der Waals surface area contributed by atoms with Crippen LogP contribution in [-0.4, -0.2) is 25.9 Å². The third-order valence-electron chi connectivity index (χ3n) is 8.90. The van der Waals surface area contributed by atoms with Crippen LogP contribution in [0, 0.1) is 41.2 Å². The third-order valence-corrected chi connectivity index (χ3v) is 8.90. The van der Waals surface area contributed by atoms with Crippen LogP contribution in [0.15, 0.2) is 36.4 Å². The average molecular weight is 523 g/mol. The zero-order valence-electron chi connectivity index (χ0n) is 22.0. The van der Waals surface area contributed by atoms with E-state index in [-0.39, 0.29) is 18.3 Å². The fourth-order valence-corrected chi connectivity index (χ4v) is 6.73. The molecule has 2 saturated carbocycles. The SMILES string of the molecule is CC=CC1CCC(C2CCC(C3COC(CCc4cc(F)c(CC=CC(F)F)c(F)c4)OC3)CC2)CC1. The lowest BCUT2D eigenvalue weighted by Gasteiger charge is -2.41. The van der Waals surface area contributed by atoms with Gasteiger partial charge < -0.3 is 9.47 Å². The first kappa shape index (κ1) is 28.4. The van der Waals surface area contributed by atoms with Crippen LogP contribution < -0.4 is 0 Å². The number of rotatable bonds is 9. The Morgan fingerprint density at radius 2 is 1.38 bits per heavy atom. The van der Waals surface area contributed by atoms with Crippen molar-refractivity contribution in [3.63, 3.8) is 0 Å². The monoisotopic (exact) mass is 522 g/mol. The van der Waals surface area contributed by atoms with E-state index in [1.807, 2.05) is 0 Å². The van der Waals surface area contributed by atoms with Crippen molar-refractivity contribution in [1.29, 1.82) is 0 Å². The molecule has 2 nitrogen and oxygen atoms in total. The molecule has 1 aromatic carbocycles. The number of allylic oxidation sites excluding steroid dienone is 4. The molecule has 0 N–H and O–H groups in total. The van der Waals surface area contributed by atoms with Crippen molar-refractivity contribution in [3.8, 4) is 0 Å². The molecule has 37 heavy (non-hydrogen) atoms. The normalized spacial score (nSPS) is 31.5. The molecule has 0 unspecified atom stereocenters. The summed E-state index contributed by atoms with van der Waals surface area (Å²) in [5.41, 5.74) is 0.327. The lowest BCUT2D eigenvalue weighted by atomic mass is 9.67. The van der Waals surface area contributed by atoms with Gasteiger partial charge in [-0.2, -0.15) is 0 Å². The number of aryl methyl sites for hydroxylation is 1. The molecule has 4 rings (SSSR count). The molecule has 206 valence electrons. The molecule has 0 amide bonds. The van der Waals surface area contributed by atoms with E-state index in [0.717, 1.165) is 23.8 Å². The van der Waals surface area contributed by atoms with Gasteiger partial charge in [-0.3, -0.25) is 0 Å². The quantitative estimate of drug-likeness (QED) is 0.239. The molecule has 1 heterocycles. The zero-order valence-corrected chi connectivity index (χ0v) is 22.0. The van der Waals surface area contributed by atoms with E-state index in [4.69, 9.17) is 9.47 Å². The zero-order chi connectivity index (χ0) is 26.2. The number of hydrogen-bond acceptors (Lipinski definition) is 2. The van der Waals surface area contributed by atoms with Crippen LogP contribution >= 0.6 is 0 Å². The summed E-state index contributed by atoms with van der Waals surface area (Å²) in [6.45, 7) is 3.50. The van der Waals surface area contributed by atoms with E-state index in [0.29, 0.717) is 49.5 Å². The topological polar surface area (TPSA) is 18.5 Å². The molecule has 1 aromatic rings. The molecule has 3 fully saturated rings. The van der Waals surface area contributed by atoms with Gasteiger partial charge in [0.05, 0.1) is 13.2 Å². The maximum atomic E-state index is 14.3. The Hall–Kier alpha value is -1.66. The fraction of sp³-hybridized carbons (Fsp3) is 0.677. The highest BCUT2D eigenvalue weighted by Gasteiger charge is 2.35. The second-order valence-electron chi connectivity index (χ2n) is 11.3. The highest BCUT2D eigenvalue weighted by molar-refractivity contribution is 5.28. The van der Waals surface area contributed by atoms with E-state index in [2.05, 4.69) is 19.1 Å². The molecule has 3 aliphatic rings. The first-order valence-electron chi connectivity index (χ1n) is 14.2. The Morgan fingerprint density at radius 1 is 0.838 bits per heavy atom. The predicted molar refractivity (Wildman–Crippen MR) is 138 cm³/mol. The number of ether oxygens (including phenoxy) is 2. The van der Waals surface area contributed by atoms with Gasteiger partial charge >= 0.3 is 0 Å². The lowest BCUT2D eigenvalue weighted by Crippen LogP contribution is -2.38. The van der Waals surface area contributed by atoms with Crippen LogP contribution in [0.3, 0.4) is 0 Å². The van der Waals surface area contributed by atoms with Crippen LogP contribution in [-0.2, 0) is 22.3 Å². The summed E-state index contributed by atoms with van der Waals surface area (Å²) in [4.78, 5) is 0. The Labute approximate surface area is 219 Å². The van der Waals surface area contributed by atoms with E-state index in [1.54, 1.807) is 0 Å². The molecule has 0 aromatic heterocycles. The van der Waals surface area contributed by atoms with Gasteiger partial charge in [-0.1, -0.05) is 18.2 Å². The van der Waals surface area contributed by atoms with Crippen LogP contribution in [0.4, 0.5) is 17.6 Å². The van der Waals surface area contributed by atoms with Gasteiger partial charge in [-0.15, -0.1) is 0 Å². The molecule has 0 spiro atoms. The van der Waals surface area contributed by atoms with Crippen molar-refractivity contribution >= 4 is 0 Å². The predicted octanol–water partition coefficient (Wildman–Crippen LogP) is 8.44. The third kappa shape index (κ3) is 8.16. The molecule has 6 heteroatoms. The van der Waals surface area contributed by atoms with E-state index in [9.17, 15) is 17.6 Å². The Balaban J connectivity index is 1.16. The summed E-state index contributed by atoms with van der Waals surface area (Å²) in [6.07, 6.45) is 14.7. The maximum absolute atomic E-state index is 14.3. The molecular formula is C31H42F4O2. The van der Waals surface area contributed by atoms with Crippen molar-refractivity contribution in [2.24, 2.45) is 29.6 Å². The van der Waals surface area contributed by atoms with Crippen LogP contribution in [0.25, 0.3) is 0 Å². The van der Waals surface area contributed by atoms with E-state index >= 15 is 0 Å². The van der Waals surface area contributed by atoms with Crippen molar-refractivity contribution in [3.05, 3.63) is 59.2 Å². The molecule has 0 radical (unpaired) electrons. The first-order valence-corrected chi connectivity index (χ1v) is 14.2. The van der Waals surface area contributed by atoms with Crippen LogP contribution in [0.2, 0.25) is 0 Å². The summed E-state index contributed by atoms with van der Waals surface area (Å²) in [6, 6.07) is 2.57. The maximum Gasteiger partial charge on any atom is 0.257 e. The Bertz CT molecular complexity index is 867. The summed E-state index contributed by atoms with van der Waals surface area (Å²) in [5.74, 6) is 2.25. The van der Waals surface area contributed by atoms with Crippen molar-refractivity contribution in [2.45, 2.75) is 90.3 Å². The smallest absolute Gasteiger partial charge is 0.257 e. The number of benzene rings is 1. The van der Waals surface area contributed by atoms with Crippen LogP contribution in [0.5, 0.6) is 0 Å². The fourth-order valence-electron chi connectivity index (χ4n) is 6.73. The van der Waals surface area contributed by atoms with E-state index < -0.39 is 18.1 Å². The van der Waals surface area contributed by atoms with Gasteiger partial charge in [-0.05, 0) is 119 Å². The van der Waals surface area contributed by atoms with Crippen molar-refractivity contribution < 1.29 is 27.0 Å². The minimum absolute atomic E-state index is 0.190. The van der Waals surface area contributed by atoms with Gasteiger partial charge in [0, 0.05) is 17.9 Å². The van der Waals surface area contributed by atoms with Gasteiger partial charge in [0.15, 0.2) is 6.29 Å². The second kappa shape index (κ2) is 13.9. The van der Waals surface area contributed by atoms with Gasteiger partial charge in [0.25, 0.3) is 6.43 Å². The van der Waals surface area contributed by atoms with Gasteiger partial charge in [-0.25, -0.2) is 17.6 Å². The summed E-state index contributed by atoms with van der Waals surface area (Å²) in [7, 11) is 0. The average Bonchev–Trinajstić information content (AvgIpc) is 2.90. The Kier molecular flexibility index (Phi) is 10.7. The largest absolute Gasteiger partial charge is 0.352 e. The molecule has 1 aliphatic heterocycles. The van der Waals surface area contributed by atoms with Gasteiger partial charge in [0.2, 0.25) is 0 Å². The van der Waals surface area contributed by atoms with Gasteiger partial charge in [0.1, 0.15) is 11.6 Å². The van der Waals surface area contributed by atoms with Crippen molar-refractivity contribution in [2.75, 3.05) is 13.2 Å². The van der Waals surface area contributed by atoms with Crippen LogP contribution in [0.1, 0.15) is 75.8 Å². The minimum atomic E-state index is -2.63. The number of hydrogen-bond donors (Lipinski definition) is 0. The second-order valence-corrected chi connectivity index (χ2v) is 11.3. The van der Waals surface area contributed by atoms with E-state index in [1.165, 1.54) is 63.5 Å². The summed E-state index contributed by atoms with van der Waals surface area (Å²) in [5, 5.41) is 0. The van der Waals surface area contributed by atoms with Crippen molar-refractivity contribution in [1.82, 2.24) is 0 Å². The standard InChI is InChI=1S/C31H42F4O2/c1-2-4-21-7-10-23(11-8-21)24-12-14-25(15-13-24)26-19-36-31(37-20-26)16-9-22-17-28(32)27(29(33)18-22)5-3-6-30(34)35/h2-4,6,17-18,21,23-26,30-31H,5,7-16,19-20H2,1H3.